The zero-order valence-corrected chi connectivity index (χ0v) is 21.2. The molecule has 13 heteroatoms. The van der Waals surface area contributed by atoms with Crippen LogP contribution in [0.3, 0.4) is 0 Å². The van der Waals surface area contributed by atoms with Crippen molar-refractivity contribution in [3.63, 3.8) is 0 Å². The first-order chi connectivity index (χ1) is 17.8. The smallest absolute Gasteiger partial charge is 0.229 e. The number of nitrogens with one attached hydrogen (secondary N) is 2. The molecule has 1 saturated heterocycles. The van der Waals surface area contributed by atoms with E-state index in [1.807, 2.05) is 24.3 Å². The van der Waals surface area contributed by atoms with E-state index >= 15 is 0 Å². The lowest BCUT2D eigenvalue weighted by Gasteiger charge is -2.33. The molecule has 12 nitrogen and oxygen atoms in total. The van der Waals surface area contributed by atoms with Crippen LogP contribution in [0.25, 0.3) is 5.65 Å². The van der Waals surface area contributed by atoms with Crippen molar-refractivity contribution in [2.24, 2.45) is 0 Å². The first-order valence-electron chi connectivity index (χ1n) is 11.9. The molecule has 4 aromatic heterocycles. The monoisotopic (exact) mass is 519 g/mol. The molecule has 0 amide bonds. The van der Waals surface area contributed by atoms with Gasteiger partial charge in [-0.3, -0.25) is 0 Å². The zero-order chi connectivity index (χ0) is 26.0. The lowest BCUT2D eigenvalue weighted by atomic mass is 10.1. The molecule has 0 bridgehead atoms. The van der Waals surface area contributed by atoms with Gasteiger partial charge in [0.05, 0.1) is 23.7 Å². The maximum absolute atomic E-state index is 10.0. The highest BCUT2D eigenvalue weighted by Gasteiger charge is 2.22. The van der Waals surface area contributed by atoms with Crippen LogP contribution in [0, 0.1) is 11.3 Å². The molecule has 4 aromatic rings. The van der Waals surface area contributed by atoms with Gasteiger partial charge >= 0.3 is 0 Å². The second-order valence-electron chi connectivity index (χ2n) is 9.55. The molecule has 5 rings (SSSR count). The first-order valence-corrected chi connectivity index (χ1v) is 12.3. The van der Waals surface area contributed by atoms with Gasteiger partial charge < -0.3 is 20.6 Å². The van der Waals surface area contributed by atoms with Gasteiger partial charge in [0.15, 0.2) is 28.8 Å². The molecule has 5 heterocycles. The van der Waals surface area contributed by atoms with Gasteiger partial charge in [-0.05, 0) is 51.0 Å². The van der Waals surface area contributed by atoms with E-state index in [1.54, 1.807) is 36.8 Å². The quantitative estimate of drug-likeness (QED) is 0.330. The van der Waals surface area contributed by atoms with Crippen LogP contribution in [-0.4, -0.2) is 64.6 Å². The summed E-state index contributed by atoms with van der Waals surface area (Å²) in [5.41, 5.74) is 0.834. The summed E-state index contributed by atoms with van der Waals surface area (Å²) >= 11 is 6.39. The first kappa shape index (κ1) is 24.6. The Morgan fingerprint density at radius 2 is 1.97 bits per heavy atom. The maximum Gasteiger partial charge on any atom is 0.229 e. The Morgan fingerprint density at radius 1 is 1.16 bits per heavy atom. The fraction of sp³-hybridized carbons (Fsp3) is 0.375. The number of nitrogens with zero attached hydrogens (tertiary/aromatic N) is 9. The summed E-state index contributed by atoms with van der Waals surface area (Å²) in [6.07, 6.45) is 5.44. The highest BCUT2D eigenvalue weighted by molar-refractivity contribution is 6.32. The zero-order valence-electron chi connectivity index (χ0n) is 20.4. The Morgan fingerprint density at radius 3 is 2.68 bits per heavy atom. The fourth-order valence-corrected chi connectivity index (χ4v) is 4.27. The van der Waals surface area contributed by atoms with Crippen LogP contribution in [-0.2, 0) is 6.42 Å². The third-order valence-electron chi connectivity index (χ3n) is 5.89. The van der Waals surface area contributed by atoms with Gasteiger partial charge in [0.25, 0.3) is 0 Å². The summed E-state index contributed by atoms with van der Waals surface area (Å²) in [5.74, 6) is 2.29. The lowest BCUT2D eigenvalue weighted by molar-refractivity contribution is 0.0788. The van der Waals surface area contributed by atoms with Crippen LogP contribution in [0.4, 0.5) is 23.3 Å². The Hall–Kier alpha value is -4.08. The number of aliphatic hydroxyl groups is 1. The van der Waals surface area contributed by atoms with Gasteiger partial charge in [0, 0.05) is 25.6 Å². The van der Waals surface area contributed by atoms with E-state index in [-0.39, 0.29) is 6.04 Å². The van der Waals surface area contributed by atoms with Crippen LogP contribution < -0.4 is 15.5 Å². The molecule has 0 spiro atoms. The summed E-state index contributed by atoms with van der Waals surface area (Å²) < 4.78 is 1.66. The minimum atomic E-state index is -0.888. The van der Waals surface area contributed by atoms with E-state index in [9.17, 15) is 5.11 Å². The van der Waals surface area contributed by atoms with Gasteiger partial charge in [-0.25, -0.2) is 14.5 Å². The molecule has 0 aliphatic carbocycles. The third kappa shape index (κ3) is 6.02. The van der Waals surface area contributed by atoms with Crippen molar-refractivity contribution in [2.45, 2.75) is 44.8 Å². The van der Waals surface area contributed by atoms with E-state index in [0.29, 0.717) is 40.4 Å². The molecule has 0 radical (unpaired) electrons. The molecule has 190 valence electrons. The third-order valence-corrected chi connectivity index (χ3v) is 6.17. The summed E-state index contributed by atoms with van der Waals surface area (Å²) in [7, 11) is 0. The van der Waals surface area contributed by atoms with Crippen LogP contribution in [0.5, 0.6) is 0 Å². The SMILES string of the molecule is CC(C)(O)Cc1nc2ccc(Nc3ncc(Cl)c(NC4CCN(c5ccc(C#N)nn5)CC4)n3)cn2n1. The topological polar surface area (TPSA) is 153 Å². The molecule has 37 heavy (non-hydrogen) atoms. The molecule has 0 atom stereocenters. The van der Waals surface area contributed by atoms with Crippen LogP contribution in [0.15, 0.2) is 36.7 Å². The van der Waals surface area contributed by atoms with Gasteiger partial charge in [0.1, 0.15) is 11.1 Å². The number of anilines is 4. The Labute approximate surface area is 218 Å². The molecule has 0 aromatic carbocycles. The number of fused-ring (bicyclic) bond motifs is 1. The molecule has 1 aliphatic heterocycles. The molecular formula is C24H26ClN11O. The number of piperidine rings is 1. The van der Waals surface area contributed by atoms with E-state index < -0.39 is 5.60 Å². The minimum Gasteiger partial charge on any atom is -0.390 e. The predicted molar refractivity (Wildman–Crippen MR) is 139 cm³/mol. The molecule has 0 saturated carbocycles. The Kier molecular flexibility index (Phi) is 6.73. The number of hydrogen-bond donors (Lipinski definition) is 3. The van der Waals surface area contributed by atoms with Gasteiger partial charge in [-0.1, -0.05) is 11.6 Å². The molecule has 0 unspecified atom stereocenters. The summed E-state index contributed by atoms with van der Waals surface area (Å²) in [6.45, 7) is 5.03. The summed E-state index contributed by atoms with van der Waals surface area (Å²) in [5, 5.41) is 38.5. The van der Waals surface area contributed by atoms with Crippen molar-refractivity contribution < 1.29 is 5.11 Å². The van der Waals surface area contributed by atoms with E-state index in [0.717, 1.165) is 37.4 Å². The predicted octanol–water partition coefficient (Wildman–Crippen LogP) is 2.97. The van der Waals surface area contributed by atoms with Crippen molar-refractivity contribution in [3.8, 4) is 6.07 Å². The van der Waals surface area contributed by atoms with Gasteiger partial charge in [-0.2, -0.15) is 15.3 Å². The summed E-state index contributed by atoms with van der Waals surface area (Å²) in [6, 6.07) is 9.37. The minimum absolute atomic E-state index is 0.184. The number of hydrogen-bond acceptors (Lipinski definition) is 11. The van der Waals surface area contributed by atoms with Gasteiger partial charge in [0.2, 0.25) is 5.95 Å². The average Bonchev–Trinajstić information content (AvgIpc) is 3.26. The highest BCUT2D eigenvalue weighted by atomic mass is 35.5. The normalized spacial score (nSPS) is 14.5. The van der Waals surface area contributed by atoms with Crippen molar-refractivity contribution in [1.82, 2.24) is 34.8 Å². The molecule has 1 fully saturated rings. The molecule has 1 aliphatic rings. The largest absolute Gasteiger partial charge is 0.390 e. The number of aromatic nitrogens is 7. The van der Waals surface area contributed by atoms with E-state index in [4.69, 9.17) is 16.9 Å². The highest BCUT2D eigenvalue weighted by Crippen LogP contribution is 2.25. The second kappa shape index (κ2) is 10.1. The number of rotatable bonds is 7. The fourth-order valence-electron chi connectivity index (χ4n) is 4.12. The van der Waals surface area contributed by atoms with Crippen molar-refractivity contribution >= 4 is 40.5 Å². The number of halogens is 1. The van der Waals surface area contributed by atoms with Gasteiger partial charge in [-0.15, -0.1) is 10.2 Å². The molecular weight excluding hydrogens is 494 g/mol. The van der Waals surface area contributed by atoms with Crippen LogP contribution >= 0.6 is 11.6 Å². The number of nitriles is 1. The van der Waals surface area contributed by atoms with Crippen LogP contribution in [0.2, 0.25) is 5.02 Å². The van der Waals surface area contributed by atoms with Crippen molar-refractivity contribution in [1.29, 1.82) is 5.26 Å². The van der Waals surface area contributed by atoms with Crippen LogP contribution in [0.1, 0.15) is 38.2 Å². The second-order valence-corrected chi connectivity index (χ2v) is 9.95. The van der Waals surface area contributed by atoms with Crippen molar-refractivity contribution in [3.05, 3.63) is 53.2 Å². The van der Waals surface area contributed by atoms with E-state index in [2.05, 4.69) is 45.8 Å². The Bertz CT molecular complexity index is 1430. The van der Waals surface area contributed by atoms with E-state index in [1.165, 1.54) is 0 Å². The average molecular weight is 520 g/mol. The number of pyridine rings is 1. The lowest BCUT2D eigenvalue weighted by Crippen LogP contribution is -2.39. The van der Waals surface area contributed by atoms with Crippen molar-refractivity contribution in [2.75, 3.05) is 28.6 Å². The summed E-state index contributed by atoms with van der Waals surface area (Å²) in [4.78, 5) is 15.5. The standard InChI is InChI=1S/C24H26ClN11O/c1-24(2,37)11-19-30-20-5-4-17(14-36(20)34-19)29-23-27-13-18(25)22(31-23)28-15-7-9-35(10-8-15)21-6-3-16(12-26)32-33-21/h3-6,13-15,37H,7-11H2,1-2H3,(H2,27,28,29,31). The molecule has 3 N–H and O–H groups in total. The Balaban J connectivity index is 1.22. The maximum atomic E-state index is 10.0.